The third-order valence-corrected chi connectivity index (χ3v) is 12.5. The summed E-state index contributed by atoms with van der Waals surface area (Å²) in [6.45, 7) is -0.0794. The highest BCUT2D eigenvalue weighted by atomic mass is 19.4. The van der Waals surface area contributed by atoms with Crippen LogP contribution in [0.3, 0.4) is 0 Å². The van der Waals surface area contributed by atoms with E-state index in [0.29, 0.717) is 45.6 Å². The number of hydrogen-bond acceptors (Lipinski definition) is 8. The van der Waals surface area contributed by atoms with Gasteiger partial charge in [0.25, 0.3) is 11.8 Å². The first-order chi connectivity index (χ1) is 37.6. The second-order valence-corrected chi connectivity index (χ2v) is 17.7. The Kier molecular flexibility index (Phi) is 16.6. The minimum atomic E-state index is -4.58. The second-order valence-electron chi connectivity index (χ2n) is 17.7. The maximum Gasteiger partial charge on any atom is 0.416 e. The summed E-state index contributed by atoms with van der Waals surface area (Å²) in [6, 6.07) is 42.6. The van der Waals surface area contributed by atoms with Crippen LogP contribution in [0.2, 0.25) is 0 Å². The summed E-state index contributed by atoms with van der Waals surface area (Å²) in [6.07, 6.45) is -10.3. The van der Waals surface area contributed by atoms with Crippen LogP contribution in [0.15, 0.2) is 182 Å². The van der Waals surface area contributed by atoms with E-state index in [2.05, 4.69) is 25.9 Å². The molecule has 1 aliphatic rings. The zero-order valence-corrected chi connectivity index (χ0v) is 41.4. The van der Waals surface area contributed by atoms with Crippen LogP contribution in [0.4, 0.5) is 51.1 Å². The van der Waals surface area contributed by atoms with Gasteiger partial charge in [-0.1, -0.05) is 109 Å². The lowest BCUT2D eigenvalue weighted by Gasteiger charge is -2.31. The summed E-state index contributed by atoms with van der Waals surface area (Å²) in [4.78, 5) is 58.7. The van der Waals surface area contributed by atoms with Crippen molar-refractivity contribution < 1.29 is 68.2 Å². The summed E-state index contributed by atoms with van der Waals surface area (Å²) in [5.41, 5.74) is 2.25. The number of benzene rings is 6. The van der Waals surface area contributed by atoms with Gasteiger partial charge in [0.05, 0.1) is 30.1 Å². The average Bonchev–Trinajstić information content (AvgIpc) is 4.00. The molecule has 0 unspecified atom stereocenters. The predicted octanol–water partition coefficient (Wildman–Crippen LogP) is 13.8. The van der Waals surface area contributed by atoms with Crippen molar-refractivity contribution in [1.82, 2.24) is 15.3 Å². The van der Waals surface area contributed by atoms with Crippen molar-refractivity contribution in [2.45, 2.75) is 43.7 Å². The van der Waals surface area contributed by atoms with Gasteiger partial charge in [-0.05, 0) is 118 Å². The Bertz CT molecular complexity index is 3430. The summed E-state index contributed by atoms with van der Waals surface area (Å²) < 4.78 is 128. The van der Waals surface area contributed by atoms with E-state index < -0.39 is 65.3 Å². The average molecular weight is 1090 g/mol. The van der Waals surface area contributed by atoms with E-state index in [0.717, 1.165) is 35.4 Å². The quantitative estimate of drug-likeness (QED) is 0.0554. The van der Waals surface area contributed by atoms with Gasteiger partial charge in [0.2, 0.25) is 5.91 Å². The number of carbonyl (C=O) groups is 4. The van der Waals surface area contributed by atoms with Crippen LogP contribution in [0.5, 0.6) is 11.5 Å². The van der Waals surface area contributed by atoms with Gasteiger partial charge in [-0.2, -0.15) is 39.5 Å². The molecule has 404 valence electrons. The van der Waals surface area contributed by atoms with Gasteiger partial charge in [-0.3, -0.25) is 19.2 Å². The SMILES string of the molecule is CC(=O)Oc1ccc(NC(=O)c2ccccc2-c2ccc(C(F)(F)F)cc2)nc1.O=C(Nc1ccc(OCCCC2(C(=O)NCC(F)(F)F)c3ccccc3-c3ccccc32)cn1)c1ccccc1-c1ccc(C(F)(F)F)cc1. The number of carbonyl (C=O) groups excluding carboxylic acids is 4. The van der Waals surface area contributed by atoms with Crippen molar-refractivity contribution >= 4 is 35.3 Å². The van der Waals surface area contributed by atoms with Crippen molar-refractivity contribution in [3.63, 3.8) is 0 Å². The Balaban J connectivity index is 0.000000240. The summed E-state index contributed by atoms with van der Waals surface area (Å²) in [7, 11) is 0. The van der Waals surface area contributed by atoms with Crippen LogP contribution < -0.4 is 25.4 Å². The van der Waals surface area contributed by atoms with Crippen LogP contribution in [0, 0.1) is 0 Å². The Morgan fingerprint density at radius 1 is 0.506 bits per heavy atom. The second kappa shape index (κ2) is 23.5. The minimum Gasteiger partial charge on any atom is -0.492 e. The van der Waals surface area contributed by atoms with Gasteiger partial charge in [-0.25, -0.2) is 9.97 Å². The molecule has 3 N–H and O–H groups in total. The van der Waals surface area contributed by atoms with Crippen LogP contribution in [-0.4, -0.2) is 53.0 Å². The molecule has 2 heterocycles. The molecule has 8 aromatic rings. The molecule has 79 heavy (non-hydrogen) atoms. The lowest BCUT2D eigenvalue weighted by atomic mass is 9.73. The number of nitrogens with one attached hydrogen (secondary N) is 3. The molecule has 0 fully saturated rings. The van der Waals surface area contributed by atoms with E-state index in [1.54, 1.807) is 78.9 Å². The molecule has 0 radical (unpaired) electrons. The monoisotopic (exact) mass is 1090 g/mol. The first-order valence-electron chi connectivity index (χ1n) is 24.0. The predicted molar refractivity (Wildman–Crippen MR) is 276 cm³/mol. The molecule has 2 aromatic heterocycles. The van der Waals surface area contributed by atoms with Crippen LogP contribution in [-0.2, 0) is 27.4 Å². The Hall–Kier alpha value is -9.33. The van der Waals surface area contributed by atoms with Gasteiger partial charge in [0.15, 0.2) is 0 Å². The Morgan fingerprint density at radius 3 is 1.33 bits per heavy atom. The van der Waals surface area contributed by atoms with Gasteiger partial charge >= 0.3 is 24.5 Å². The maximum absolute atomic E-state index is 13.6. The maximum atomic E-state index is 13.6. The van der Waals surface area contributed by atoms with E-state index >= 15 is 0 Å². The molecule has 0 saturated carbocycles. The number of fused-ring (bicyclic) bond motifs is 3. The zero-order valence-electron chi connectivity index (χ0n) is 41.4. The van der Waals surface area contributed by atoms with Crippen LogP contribution >= 0.6 is 0 Å². The minimum absolute atomic E-state index is 0.118. The lowest BCUT2D eigenvalue weighted by Crippen LogP contribution is -2.47. The number of halogens is 9. The fraction of sp³-hybridized carbons (Fsp3) is 0.153. The van der Waals surface area contributed by atoms with E-state index in [1.807, 2.05) is 24.3 Å². The van der Waals surface area contributed by atoms with Gasteiger partial charge < -0.3 is 25.4 Å². The first kappa shape index (κ1) is 55.9. The Morgan fingerprint density at radius 2 is 0.924 bits per heavy atom. The number of anilines is 2. The lowest BCUT2D eigenvalue weighted by molar-refractivity contribution is -0.141. The molecule has 3 amide bonds. The number of alkyl halides is 9. The van der Waals surface area contributed by atoms with E-state index in [-0.39, 0.29) is 41.5 Å². The summed E-state index contributed by atoms with van der Waals surface area (Å²) >= 11 is 0. The molecule has 0 aliphatic heterocycles. The molecule has 0 spiro atoms. The van der Waals surface area contributed by atoms with Crippen LogP contribution in [0.25, 0.3) is 33.4 Å². The van der Waals surface area contributed by atoms with Crippen molar-refractivity contribution in [2.24, 2.45) is 0 Å². The van der Waals surface area contributed by atoms with Crippen molar-refractivity contribution in [3.8, 4) is 44.9 Å². The van der Waals surface area contributed by atoms with Crippen molar-refractivity contribution in [2.75, 3.05) is 23.8 Å². The third-order valence-electron chi connectivity index (χ3n) is 12.5. The molecule has 11 nitrogen and oxygen atoms in total. The van der Waals surface area contributed by atoms with Gasteiger partial charge in [0, 0.05) is 18.1 Å². The number of ether oxygens (including phenoxy) is 2. The van der Waals surface area contributed by atoms with Gasteiger partial charge in [0.1, 0.15) is 35.1 Å². The van der Waals surface area contributed by atoms with Crippen LogP contribution in [0.1, 0.15) is 62.7 Å². The van der Waals surface area contributed by atoms with E-state index in [4.69, 9.17) is 9.47 Å². The third kappa shape index (κ3) is 13.4. The fourth-order valence-corrected chi connectivity index (χ4v) is 8.94. The number of hydrogen-bond donors (Lipinski definition) is 3. The molecule has 0 atom stereocenters. The molecule has 6 aromatic carbocycles. The topological polar surface area (TPSA) is 149 Å². The zero-order chi connectivity index (χ0) is 56.5. The van der Waals surface area contributed by atoms with Gasteiger partial charge in [-0.15, -0.1) is 0 Å². The highest BCUT2D eigenvalue weighted by molar-refractivity contribution is 6.09. The normalized spacial score (nSPS) is 12.4. The number of pyridine rings is 2. The Labute approximate surface area is 445 Å². The number of esters is 1. The smallest absolute Gasteiger partial charge is 0.416 e. The molecule has 9 rings (SSSR count). The number of aromatic nitrogens is 2. The standard InChI is InChI=1S/C38H29F6N3O3.C21H15F3N2O3/c39-37(40,41)23-46-35(49)36(31-12-5-3-9-28(31)29-10-4-6-13-32(29)36)20-7-21-50-26-18-19-33(45-22-26)47-34(48)30-11-2-1-8-27(30)24-14-16-25(17-15-24)38(42,43)44;1-13(27)29-16-10-11-19(25-12-16)26-20(28)18-5-3-2-4-17(18)14-6-8-15(9-7-14)21(22,23)24/h1-6,8-19,22H,7,20-21,23H2,(H,46,49)(H,45,47,48);2-12H,1H3,(H,25,26,28). The largest absolute Gasteiger partial charge is 0.492 e. The number of nitrogens with zero attached hydrogens (tertiary/aromatic N) is 2. The number of amides is 3. The first-order valence-corrected chi connectivity index (χ1v) is 24.0. The highest BCUT2D eigenvalue weighted by Crippen LogP contribution is 2.51. The molecule has 0 bridgehead atoms. The number of rotatable bonds is 14. The fourth-order valence-electron chi connectivity index (χ4n) is 8.94. The molecular weight excluding hydrogens is 1050 g/mol. The highest BCUT2D eigenvalue weighted by Gasteiger charge is 2.49. The summed E-state index contributed by atoms with van der Waals surface area (Å²) in [5, 5.41) is 7.41. The summed E-state index contributed by atoms with van der Waals surface area (Å²) in [5.74, 6) is -1.21. The molecule has 0 saturated heterocycles. The van der Waals surface area contributed by atoms with E-state index in [9.17, 15) is 58.7 Å². The molecule has 20 heteroatoms. The van der Waals surface area contributed by atoms with E-state index in [1.165, 1.54) is 61.8 Å². The molecule has 1 aliphatic carbocycles. The van der Waals surface area contributed by atoms with Crippen molar-refractivity contribution in [3.05, 3.63) is 216 Å². The molecular formula is C59H44F9N5O6. The van der Waals surface area contributed by atoms with Crippen molar-refractivity contribution in [1.29, 1.82) is 0 Å².